The van der Waals surface area contributed by atoms with Gasteiger partial charge in [0.2, 0.25) is 11.8 Å². The van der Waals surface area contributed by atoms with Gasteiger partial charge in [-0.2, -0.15) is 0 Å². The molecule has 0 aliphatic carbocycles. The molecule has 1 aliphatic rings. The van der Waals surface area contributed by atoms with Gasteiger partial charge in [-0.05, 0) is 30.6 Å². The van der Waals surface area contributed by atoms with Crippen molar-refractivity contribution in [2.45, 2.75) is 53.0 Å². The lowest BCUT2D eigenvalue weighted by atomic mass is 9.77. The number of aliphatic hydroxyl groups excluding tert-OH is 1. The van der Waals surface area contributed by atoms with E-state index in [0.29, 0.717) is 13.1 Å². The highest BCUT2D eigenvalue weighted by Crippen LogP contribution is 2.34. The minimum Gasteiger partial charge on any atom is -0.396 e. The molecule has 0 saturated carbocycles. The third-order valence-corrected chi connectivity index (χ3v) is 4.51. The van der Waals surface area contributed by atoms with Gasteiger partial charge in [-0.3, -0.25) is 9.59 Å². The lowest BCUT2D eigenvalue weighted by Gasteiger charge is -2.41. The standard InChI is InChI=1S/C15H28N2O3/c1-5-15(10-18)6-8-17(9-7-15)14(20)13(11(2)3)16-12(4)19/h11,13,18H,5-10H2,1-4H3,(H,16,19). The van der Waals surface area contributed by atoms with Crippen LogP contribution in [0, 0.1) is 11.3 Å². The van der Waals surface area contributed by atoms with E-state index in [0.717, 1.165) is 19.3 Å². The molecule has 1 unspecified atom stereocenters. The normalized spacial score (nSPS) is 19.8. The molecule has 1 rings (SSSR count). The maximum atomic E-state index is 12.5. The number of nitrogens with zero attached hydrogens (tertiary/aromatic N) is 1. The maximum absolute atomic E-state index is 12.5. The van der Waals surface area contributed by atoms with Crippen molar-refractivity contribution >= 4 is 11.8 Å². The Hall–Kier alpha value is -1.10. The van der Waals surface area contributed by atoms with Gasteiger partial charge in [0.15, 0.2) is 0 Å². The summed E-state index contributed by atoms with van der Waals surface area (Å²) < 4.78 is 0. The first-order chi connectivity index (χ1) is 9.35. The predicted octanol–water partition coefficient (Wildman–Crippen LogP) is 1.16. The fourth-order valence-corrected chi connectivity index (χ4v) is 2.75. The fraction of sp³-hybridized carbons (Fsp3) is 0.867. The first-order valence-corrected chi connectivity index (χ1v) is 7.52. The molecule has 2 amide bonds. The number of rotatable bonds is 5. The minimum absolute atomic E-state index is 0.00200. The summed E-state index contributed by atoms with van der Waals surface area (Å²) in [6.07, 6.45) is 2.60. The Labute approximate surface area is 121 Å². The number of hydrogen-bond acceptors (Lipinski definition) is 3. The molecule has 1 heterocycles. The molecule has 5 heteroatoms. The summed E-state index contributed by atoms with van der Waals surface area (Å²) in [7, 11) is 0. The molecule has 1 saturated heterocycles. The molecule has 1 atom stereocenters. The molecule has 1 aliphatic heterocycles. The summed E-state index contributed by atoms with van der Waals surface area (Å²) >= 11 is 0. The van der Waals surface area contributed by atoms with Crippen molar-refractivity contribution in [2.24, 2.45) is 11.3 Å². The van der Waals surface area contributed by atoms with Crippen LogP contribution in [0.2, 0.25) is 0 Å². The second-order valence-corrected chi connectivity index (χ2v) is 6.26. The Morgan fingerprint density at radius 2 is 1.85 bits per heavy atom. The second kappa shape index (κ2) is 7.07. The van der Waals surface area contributed by atoms with Gasteiger partial charge in [-0.15, -0.1) is 0 Å². The van der Waals surface area contributed by atoms with Gasteiger partial charge in [0.05, 0.1) is 0 Å². The molecular weight excluding hydrogens is 256 g/mol. The van der Waals surface area contributed by atoms with E-state index in [1.807, 2.05) is 18.7 Å². The lowest BCUT2D eigenvalue weighted by Crippen LogP contribution is -2.54. The van der Waals surface area contributed by atoms with Crippen LogP contribution >= 0.6 is 0 Å². The van der Waals surface area contributed by atoms with Gasteiger partial charge < -0.3 is 15.3 Å². The van der Waals surface area contributed by atoms with Crippen molar-refractivity contribution in [1.29, 1.82) is 0 Å². The van der Waals surface area contributed by atoms with Gasteiger partial charge in [0.1, 0.15) is 6.04 Å². The van der Waals surface area contributed by atoms with Crippen molar-refractivity contribution < 1.29 is 14.7 Å². The van der Waals surface area contributed by atoms with Gasteiger partial charge >= 0.3 is 0 Å². The third kappa shape index (κ3) is 3.95. The largest absolute Gasteiger partial charge is 0.396 e. The smallest absolute Gasteiger partial charge is 0.245 e. The van der Waals surface area contributed by atoms with E-state index in [1.165, 1.54) is 6.92 Å². The van der Waals surface area contributed by atoms with Crippen LogP contribution in [0.3, 0.4) is 0 Å². The predicted molar refractivity (Wildman–Crippen MR) is 78.1 cm³/mol. The van der Waals surface area contributed by atoms with E-state index in [2.05, 4.69) is 12.2 Å². The van der Waals surface area contributed by atoms with Crippen LogP contribution in [0.25, 0.3) is 0 Å². The number of hydrogen-bond donors (Lipinski definition) is 2. The number of piperidine rings is 1. The number of aliphatic hydroxyl groups is 1. The number of carbonyl (C=O) groups is 2. The zero-order chi connectivity index (χ0) is 15.3. The molecule has 1 fully saturated rings. The number of likely N-dealkylation sites (tertiary alicyclic amines) is 1. The van der Waals surface area contributed by atoms with Crippen molar-refractivity contribution in [1.82, 2.24) is 10.2 Å². The van der Waals surface area contributed by atoms with Crippen LogP contribution in [0.1, 0.15) is 47.0 Å². The molecule has 0 radical (unpaired) electrons. The van der Waals surface area contributed by atoms with Gasteiger partial charge in [0.25, 0.3) is 0 Å². The van der Waals surface area contributed by atoms with Crippen molar-refractivity contribution in [3.63, 3.8) is 0 Å². The molecule has 20 heavy (non-hydrogen) atoms. The lowest BCUT2D eigenvalue weighted by molar-refractivity contribution is -0.139. The molecule has 0 aromatic carbocycles. The van der Waals surface area contributed by atoms with Gasteiger partial charge in [-0.1, -0.05) is 20.8 Å². The Bertz CT molecular complexity index is 341. The van der Waals surface area contributed by atoms with E-state index in [9.17, 15) is 14.7 Å². The molecule has 2 N–H and O–H groups in total. The average Bonchev–Trinajstić information content (AvgIpc) is 2.43. The van der Waals surface area contributed by atoms with Crippen molar-refractivity contribution in [3.05, 3.63) is 0 Å². The maximum Gasteiger partial charge on any atom is 0.245 e. The summed E-state index contributed by atoms with van der Waals surface area (Å²) in [5, 5.41) is 12.3. The zero-order valence-electron chi connectivity index (χ0n) is 13.1. The summed E-state index contributed by atoms with van der Waals surface area (Å²) in [5.41, 5.74) is -0.0297. The van der Waals surface area contributed by atoms with E-state index in [1.54, 1.807) is 0 Å². The van der Waals surface area contributed by atoms with Crippen LogP contribution < -0.4 is 5.32 Å². The molecule has 116 valence electrons. The summed E-state index contributed by atoms with van der Waals surface area (Å²) in [5.74, 6) is -0.104. The summed E-state index contributed by atoms with van der Waals surface area (Å²) in [4.78, 5) is 25.6. The minimum atomic E-state index is -0.448. The molecule has 0 spiro atoms. The average molecular weight is 284 g/mol. The van der Waals surface area contributed by atoms with Crippen LogP contribution in [0.15, 0.2) is 0 Å². The summed E-state index contributed by atoms with van der Waals surface area (Å²) in [6.45, 7) is 8.91. The highest BCUT2D eigenvalue weighted by atomic mass is 16.3. The first kappa shape index (κ1) is 17.0. The van der Waals surface area contributed by atoms with Gasteiger partial charge in [-0.25, -0.2) is 0 Å². The fourth-order valence-electron chi connectivity index (χ4n) is 2.75. The van der Waals surface area contributed by atoms with Gasteiger partial charge in [0, 0.05) is 26.6 Å². The monoisotopic (exact) mass is 284 g/mol. The topological polar surface area (TPSA) is 69.6 Å². The number of amides is 2. The van der Waals surface area contributed by atoms with Crippen molar-refractivity contribution in [3.8, 4) is 0 Å². The number of nitrogens with one attached hydrogen (secondary N) is 1. The van der Waals surface area contributed by atoms with Crippen molar-refractivity contribution in [2.75, 3.05) is 19.7 Å². The zero-order valence-corrected chi connectivity index (χ0v) is 13.1. The third-order valence-electron chi connectivity index (χ3n) is 4.51. The Morgan fingerprint density at radius 1 is 1.30 bits per heavy atom. The van der Waals surface area contributed by atoms with E-state index >= 15 is 0 Å². The van der Waals surface area contributed by atoms with E-state index in [4.69, 9.17) is 0 Å². The van der Waals surface area contributed by atoms with Crippen LogP contribution in [0.5, 0.6) is 0 Å². The first-order valence-electron chi connectivity index (χ1n) is 7.52. The molecule has 0 aromatic heterocycles. The van der Waals surface area contributed by atoms with Crippen LogP contribution in [0.4, 0.5) is 0 Å². The molecular formula is C15H28N2O3. The van der Waals surface area contributed by atoms with E-state index in [-0.39, 0.29) is 29.8 Å². The Balaban J connectivity index is 2.67. The SMILES string of the molecule is CCC1(CO)CCN(C(=O)C(NC(C)=O)C(C)C)CC1. The highest BCUT2D eigenvalue weighted by molar-refractivity contribution is 5.87. The number of carbonyl (C=O) groups excluding carboxylic acids is 2. The van der Waals surface area contributed by atoms with Crippen LogP contribution in [-0.4, -0.2) is 47.6 Å². The molecule has 0 bridgehead atoms. The van der Waals surface area contributed by atoms with Crippen LogP contribution in [-0.2, 0) is 9.59 Å². The van der Waals surface area contributed by atoms with E-state index < -0.39 is 6.04 Å². The summed E-state index contributed by atoms with van der Waals surface area (Å²) in [6, 6.07) is -0.448. The Kier molecular flexibility index (Phi) is 5.99. The second-order valence-electron chi connectivity index (χ2n) is 6.26. The quantitative estimate of drug-likeness (QED) is 0.796. The molecule has 5 nitrogen and oxygen atoms in total. The molecule has 0 aromatic rings. The Morgan fingerprint density at radius 3 is 2.20 bits per heavy atom. The highest BCUT2D eigenvalue weighted by Gasteiger charge is 2.36.